The highest BCUT2D eigenvalue weighted by atomic mass is 32.2. The summed E-state index contributed by atoms with van der Waals surface area (Å²) in [6, 6.07) is 23.5. The number of benzene rings is 3. The van der Waals surface area contributed by atoms with Crippen LogP contribution in [0.5, 0.6) is 0 Å². The summed E-state index contributed by atoms with van der Waals surface area (Å²) in [5.41, 5.74) is 3.19. The third-order valence-corrected chi connectivity index (χ3v) is 9.27. The van der Waals surface area contributed by atoms with Crippen LogP contribution in [0.3, 0.4) is 0 Å². The number of anilines is 1. The second-order valence-corrected chi connectivity index (χ2v) is 11.9. The van der Waals surface area contributed by atoms with Crippen molar-refractivity contribution in [1.29, 1.82) is 0 Å². The Labute approximate surface area is 211 Å². The quantitative estimate of drug-likeness (QED) is 0.378. The largest absolute Gasteiger partial charge is 0.371 e. The minimum Gasteiger partial charge on any atom is -0.371 e. The first kappa shape index (κ1) is 23.1. The maximum absolute atomic E-state index is 13.7. The van der Waals surface area contributed by atoms with Crippen LogP contribution in [0.2, 0.25) is 0 Å². The summed E-state index contributed by atoms with van der Waals surface area (Å²) in [5.74, 6) is 0.714. The number of aromatic nitrogens is 1. The standard InChI is InChI=1S/C29H28FN3O2S/c30-25-7-4-8-27(15-25)36(34,35)28-14-23-13-26(9-10-29(23)31-16-28)33-19-22-11-12-32(18-24(22)20-33)17-21-5-2-1-3-6-21/h1-10,13-16,22,24H,11-12,17-20H2. The van der Waals surface area contributed by atoms with E-state index in [2.05, 4.69) is 51.2 Å². The van der Waals surface area contributed by atoms with Gasteiger partial charge in [-0.05, 0) is 72.8 Å². The van der Waals surface area contributed by atoms with Crippen molar-refractivity contribution in [2.75, 3.05) is 31.1 Å². The molecule has 36 heavy (non-hydrogen) atoms. The zero-order valence-corrected chi connectivity index (χ0v) is 20.7. The first-order chi connectivity index (χ1) is 17.5. The van der Waals surface area contributed by atoms with E-state index in [1.807, 2.05) is 12.1 Å². The summed E-state index contributed by atoms with van der Waals surface area (Å²) in [6.45, 7) is 5.22. The molecule has 0 N–H and O–H groups in total. The van der Waals surface area contributed by atoms with Gasteiger partial charge in [-0.25, -0.2) is 12.8 Å². The summed E-state index contributed by atoms with van der Waals surface area (Å²) in [6.07, 6.45) is 2.55. The minimum absolute atomic E-state index is 0.0662. The lowest BCUT2D eigenvalue weighted by molar-refractivity contribution is 0.142. The van der Waals surface area contributed by atoms with Crippen molar-refractivity contribution in [3.05, 3.63) is 96.4 Å². The van der Waals surface area contributed by atoms with Gasteiger partial charge in [0.15, 0.2) is 0 Å². The van der Waals surface area contributed by atoms with E-state index in [0.717, 1.165) is 55.4 Å². The highest BCUT2D eigenvalue weighted by molar-refractivity contribution is 7.91. The van der Waals surface area contributed by atoms with Gasteiger partial charge in [-0.1, -0.05) is 36.4 Å². The number of sulfone groups is 1. The van der Waals surface area contributed by atoms with Crippen LogP contribution in [0.1, 0.15) is 12.0 Å². The lowest BCUT2D eigenvalue weighted by atomic mass is 9.88. The van der Waals surface area contributed by atoms with Gasteiger partial charge in [0, 0.05) is 43.4 Å². The molecule has 0 radical (unpaired) electrons. The SMILES string of the molecule is O=S(=O)(c1cccc(F)c1)c1cnc2ccc(N3CC4CCN(Cc5ccccc5)CC4C3)cc2c1. The molecule has 2 aliphatic heterocycles. The maximum Gasteiger partial charge on any atom is 0.208 e. The molecule has 1 aromatic heterocycles. The van der Waals surface area contributed by atoms with Crippen molar-refractivity contribution in [2.24, 2.45) is 11.8 Å². The molecule has 2 unspecified atom stereocenters. The van der Waals surface area contributed by atoms with Crippen LogP contribution < -0.4 is 4.90 Å². The normalized spacial score (nSPS) is 20.5. The highest BCUT2D eigenvalue weighted by Crippen LogP contribution is 2.35. The summed E-state index contributed by atoms with van der Waals surface area (Å²) < 4.78 is 39.8. The van der Waals surface area contributed by atoms with Crippen LogP contribution in [-0.4, -0.2) is 44.5 Å². The molecule has 5 nitrogen and oxygen atoms in total. The Morgan fingerprint density at radius 1 is 0.861 bits per heavy atom. The van der Waals surface area contributed by atoms with Crippen molar-refractivity contribution >= 4 is 26.4 Å². The predicted octanol–water partition coefficient (Wildman–Crippen LogP) is 5.17. The van der Waals surface area contributed by atoms with Crippen LogP contribution in [0, 0.1) is 17.7 Å². The van der Waals surface area contributed by atoms with Crippen molar-refractivity contribution in [3.63, 3.8) is 0 Å². The predicted molar refractivity (Wildman–Crippen MR) is 139 cm³/mol. The molecule has 4 aromatic rings. The molecule has 0 amide bonds. The first-order valence-corrected chi connectivity index (χ1v) is 13.9. The number of hydrogen-bond acceptors (Lipinski definition) is 5. The third kappa shape index (κ3) is 4.49. The Bertz CT molecular complexity index is 1510. The van der Waals surface area contributed by atoms with Gasteiger partial charge in [-0.2, -0.15) is 0 Å². The van der Waals surface area contributed by atoms with Gasteiger partial charge in [0.05, 0.1) is 15.3 Å². The number of halogens is 1. The summed E-state index contributed by atoms with van der Waals surface area (Å²) in [4.78, 5) is 9.38. The fraction of sp³-hybridized carbons (Fsp3) is 0.276. The van der Waals surface area contributed by atoms with E-state index in [1.165, 1.54) is 36.4 Å². The zero-order valence-electron chi connectivity index (χ0n) is 19.9. The van der Waals surface area contributed by atoms with E-state index in [4.69, 9.17) is 0 Å². The molecule has 0 saturated carbocycles. The molecule has 3 aromatic carbocycles. The van der Waals surface area contributed by atoms with Gasteiger partial charge in [0.2, 0.25) is 9.84 Å². The van der Waals surface area contributed by atoms with Crippen molar-refractivity contribution in [1.82, 2.24) is 9.88 Å². The van der Waals surface area contributed by atoms with Gasteiger partial charge in [0.1, 0.15) is 5.82 Å². The molecule has 7 heteroatoms. The third-order valence-electron chi connectivity index (χ3n) is 7.56. The van der Waals surface area contributed by atoms with E-state index in [9.17, 15) is 12.8 Å². The topological polar surface area (TPSA) is 53.5 Å². The number of pyridine rings is 1. The molecule has 2 fully saturated rings. The van der Waals surface area contributed by atoms with Crippen molar-refractivity contribution in [3.8, 4) is 0 Å². The average molecular weight is 502 g/mol. The number of likely N-dealkylation sites (tertiary alicyclic amines) is 1. The monoisotopic (exact) mass is 501 g/mol. The number of fused-ring (bicyclic) bond motifs is 2. The molecule has 0 aliphatic carbocycles. The molecule has 2 atom stereocenters. The van der Waals surface area contributed by atoms with Gasteiger partial charge >= 0.3 is 0 Å². The molecule has 2 aliphatic rings. The van der Waals surface area contributed by atoms with E-state index in [0.29, 0.717) is 11.8 Å². The smallest absolute Gasteiger partial charge is 0.208 e. The average Bonchev–Trinajstić information content (AvgIpc) is 3.32. The first-order valence-electron chi connectivity index (χ1n) is 12.4. The van der Waals surface area contributed by atoms with E-state index in [-0.39, 0.29) is 9.79 Å². The maximum atomic E-state index is 13.7. The van der Waals surface area contributed by atoms with Crippen LogP contribution in [0.25, 0.3) is 10.9 Å². The highest BCUT2D eigenvalue weighted by Gasteiger charge is 2.37. The summed E-state index contributed by atoms with van der Waals surface area (Å²) in [7, 11) is -3.86. The molecular formula is C29H28FN3O2S. The Morgan fingerprint density at radius 2 is 1.69 bits per heavy atom. The molecule has 184 valence electrons. The number of hydrogen-bond donors (Lipinski definition) is 0. The molecule has 6 rings (SSSR count). The van der Waals surface area contributed by atoms with Crippen LogP contribution in [0.15, 0.2) is 94.9 Å². The number of nitrogens with zero attached hydrogens (tertiary/aromatic N) is 3. The fourth-order valence-corrected chi connectivity index (χ4v) is 6.92. The van der Waals surface area contributed by atoms with Gasteiger partial charge in [-0.15, -0.1) is 0 Å². The van der Waals surface area contributed by atoms with Gasteiger partial charge < -0.3 is 4.90 Å². The zero-order chi connectivity index (χ0) is 24.7. The molecule has 0 bridgehead atoms. The van der Waals surface area contributed by atoms with Gasteiger partial charge in [-0.3, -0.25) is 9.88 Å². The fourth-order valence-electron chi connectivity index (χ4n) is 5.65. The number of rotatable bonds is 5. The van der Waals surface area contributed by atoms with Crippen LogP contribution >= 0.6 is 0 Å². The summed E-state index contributed by atoms with van der Waals surface area (Å²) in [5, 5.41) is 0.769. The summed E-state index contributed by atoms with van der Waals surface area (Å²) >= 11 is 0. The minimum atomic E-state index is -3.86. The Kier molecular flexibility index (Phi) is 5.97. The van der Waals surface area contributed by atoms with E-state index in [1.54, 1.807) is 6.07 Å². The van der Waals surface area contributed by atoms with Crippen molar-refractivity contribution in [2.45, 2.75) is 22.8 Å². The second-order valence-electron chi connectivity index (χ2n) is 9.94. The Morgan fingerprint density at radius 3 is 2.53 bits per heavy atom. The molecule has 0 spiro atoms. The van der Waals surface area contributed by atoms with Crippen LogP contribution in [0.4, 0.5) is 10.1 Å². The molecule has 3 heterocycles. The molecule has 2 saturated heterocycles. The van der Waals surface area contributed by atoms with E-state index >= 15 is 0 Å². The Hall–Kier alpha value is -3.29. The van der Waals surface area contributed by atoms with Gasteiger partial charge in [0.25, 0.3) is 0 Å². The lowest BCUT2D eigenvalue weighted by Gasteiger charge is -2.34. The second kappa shape index (κ2) is 9.30. The van der Waals surface area contributed by atoms with Crippen LogP contribution in [-0.2, 0) is 16.4 Å². The molecular weight excluding hydrogens is 473 g/mol. The number of piperidine rings is 1. The van der Waals surface area contributed by atoms with E-state index < -0.39 is 15.7 Å². The Balaban J connectivity index is 1.21. The lowest BCUT2D eigenvalue weighted by Crippen LogP contribution is -2.39. The van der Waals surface area contributed by atoms with Crippen molar-refractivity contribution < 1.29 is 12.8 Å².